The van der Waals surface area contributed by atoms with E-state index in [1.165, 1.54) is 0 Å². The Kier molecular flexibility index (Phi) is 5.68. The highest BCUT2D eigenvalue weighted by Crippen LogP contribution is 2.20. The quantitative estimate of drug-likeness (QED) is 0.661. The summed E-state index contributed by atoms with van der Waals surface area (Å²) in [5.74, 6) is -0.498. The summed E-state index contributed by atoms with van der Waals surface area (Å²) in [6.07, 6.45) is 0. The summed E-state index contributed by atoms with van der Waals surface area (Å²) in [5.41, 5.74) is 1.54. The van der Waals surface area contributed by atoms with Crippen LogP contribution >= 0.6 is 15.9 Å². The molecule has 0 aliphatic rings. The number of benzene rings is 3. The third kappa shape index (κ3) is 4.49. The van der Waals surface area contributed by atoms with Gasteiger partial charge in [0.05, 0.1) is 12.6 Å². The summed E-state index contributed by atoms with van der Waals surface area (Å²) in [7, 11) is 0. The van der Waals surface area contributed by atoms with Crippen molar-refractivity contribution in [3.05, 3.63) is 82.3 Å². The fourth-order valence-corrected chi connectivity index (χ4v) is 2.98. The zero-order valence-electron chi connectivity index (χ0n) is 14.3. The third-order valence-electron chi connectivity index (χ3n) is 4.17. The molecule has 0 aliphatic carbocycles. The first-order chi connectivity index (χ1) is 12.5. The Labute approximate surface area is 160 Å². The molecule has 4 nitrogen and oxygen atoms in total. The minimum atomic E-state index is -0.272. The molecule has 132 valence electrons. The predicted molar refractivity (Wildman–Crippen MR) is 107 cm³/mol. The van der Waals surface area contributed by atoms with Gasteiger partial charge in [-0.25, -0.2) is 0 Å². The molecule has 3 aromatic carbocycles. The van der Waals surface area contributed by atoms with Gasteiger partial charge in [-0.15, -0.1) is 0 Å². The predicted octanol–water partition coefficient (Wildman–Crippen LogP) is 4.21. The maximum absolute atomic E-state index is 12.1. The Morgan fingerprint density at radius 2 is 1.65 bits per heavy atom. The van der Waals surface area contributed by atoms with Crippen molar-refractivity contribution >= 4 is 38.5 Å². The van der Waals surface area contributed by atoms with E-state index in [2.05, 4.69) is 38.7 Å². The van der Waals surface area contributed by atoms with E-state index in [-0.39, 0.29) is 24.4 Å². The summed E-state index contributed by atoms with van der Waals surface area (Å²) >= 11 is 3.33. The second-order valence-corrected chi connectivity index (χ2v) is 7.00. The zero-order valence-corrected chi connectivity index (χ0v) is 15.9. The van der Waals surface area contributed by atoms with E-state index < -0.39 is 0 Å². The summed E-state index contributed by atoms with van der Waals surface area (Å²) in [4.78, 5) is 24.2. The molecule has 0 radical (unpaired) electrons. The molecule has 2 amide bonds. The number of carbonyl (C=O) groups excluding carboxylic acids is 2. The topological polar surface area (TPSA) is 58.2 Å². The van der Waals surface area contributed by atoms with Crippen molar-refractivity contribution in [2.24, 2.45) is 0 Å². The Balaban J connectivity index is 1.56. The molecule has 2 N–H and O–H groups in total. The van der Waals surface area contributed by atoms with Gasteiger partial charge in [-0.05, 0) is 53.6 Å². The summed E-state index contributed by atoms with van der Waals surface area (Å²) < 4.78 is 0.899. The van der Waals surface area contributed by atoms with Crippen molar-refractivity contribution in [2.75, 3.05) is 6.54 Å². The normalized spacial score (nSPS) is 11.8. The molecule has 3 rings (SSSR count). The maximum Gasteiger partial charge on any atom is 0.251 e. The lowest BCUT2D eigenvalue weighted by molar-refractivity contribution is -0.120. The van der Waals surface area contributed by atoms with Crippen molar-refractivity contribution in [3.8, 4) is 0 Å². The van der Waals surface area contributed by atoms with Gasteiger partial charge in [-0.3, -0.25) is 9.59 Å². The minimum absolute atomic E-state index is 0.0627. The first-order valence-corrected chi connectivity index (χ1v) is 9.14. The number of fused-ring (bicyclic) bond motifs is 1. The van der Waals surface area contributed by atoms with Gasteiger partial charge in [0, 0.05) is 10.0 Å². The van der Waals surface area contributed by atoms with E-state index in [0.29, 0.717) is 5.56 Å². The molecule has 1 atom stereocenters. The van der Waals surface area contributed by atoms with Gasteiger partial charge in [-0.2, -0.15) is 0 Å². The molecule has 0 spiro atoms. The van der Waals surface area contributed by atoms with Crippen molar-refractivity contribution < 1.29 is 9.59 Å². The molecule has 0 saturated heterocycles. The highest BCUT2D eigenvalue weighted by atomic mass is 79.9. The SMILES string of the molecule is CC(NC(=O)CNC(=O)c1ccc(Br)cc1)c1ccc2ccccc2c1. The molecule has 0 bridgehead atoms. The van der Waals surface area contributed by atoms with Gasteiger partial charge in [0.1, 0.15) is 0 Å². The van der Waals surface area contributed by atoms with Crippen LogP contribution in [0.4, 0.5) is 0 Å². The number of rotatable bonds is 5. The molecule has 3 aromatic rings. The highest BCUT2D eigenvalue weighted by molar-refractivity contribution is 9.10. The van der Waals surface area contributed by atoms with Crippen molar-refractivity contribution in [3.63, 3.8) is 0 Å². The van der Waals surface area contributed by atoms with E-state index in [1.807, 2.05) is 37.3 Å². The molecule has 0 saturated carbocycles. The standard InChI is InChI=1S/C21H19BrN2O2/c1-14(17-7-6-15-4-2-3-5-18(15)12-17)24-20(25)13-23-21(26)16-8-10-19(22)11-9-16/h2-12,14H,13H2,1H3,(H,23,26)(H,24,25). The highest BCUT2D eigenvalue weighted by Gasteiger charge is 2.12. The van der Waals surface area contributed by atoms with Crippen LogP contribution in [0.2, 0.25) is 0 Å². The summed E-state index contributed by atoms with van der Waals surface area (Å²) in [5, 5.41) is 7.85. The average molecular weight is 411 g/mol. The van der Waals surface area contributed by atoms with Crippen LogP contribution in [0.25, 0.3) is 10.8 Å². The largest absolute Gasteiger partial charge is 0.348 e. The van der Waals surface area contributed by atoms with Crippen LogP contribution in [-0.4, -0.2) is 18.4 Å². The fraction of sp³-hybridized carbons (Fsp3) is 0.143. The molecular weight excluding hydrogens is 392 g/mol. The van der Waals surface area contributed by atoms with Crippen LogP contribution < -0.4 is 10.6 Å². The Bertz CT molecular complexity index is 938. The van der Waals surface area contributed by atoms with Gasteiger partial charge < -0.3 is 10.6 Å². The lowest BCUT2D eigenvalue weighted by Crippen LogP contribution is -2.38. The Hall–Kier alpha value is -2.66. The number of hydrogen-bond acceptors (Lipinski definition) is 2. The van der Waals surface area contributed by atoms with Gasteiger partial charge in [0.15, 0.2) is 0 Å². The second kappa shape index (κ2) is 8.15. The Morgan fingerprint density at radius 3 is 2.38 bits per heavy atom. The van der Waals surface area contributed by atoms with Crippen LogP contribution in [0.1, 0.15) is 28.9 Å². The van der Waals surface area contributed by atoms with Gasteiger partial charge in [0.25, 0.3) is 5.91 Å². The monoisotopic (exact) mass is 410 g/mol. The van der Waals surface area contributed by atoms with Gasteiger partial charge in [0.2, 0.25) is 5.91 Å². The van der Waals surface area contributed by atoms with Gasteiger partial charge >= 0.3 is 0 Å². The summed E-state index contributed by atoms with van der Waals surface area (Å²) in [6.45, 7) is 1.87. The molecule has 0 aromatic heterocycles. The number of carbonyl (C=O) groups is 2. The lowest BCUT2D eigenvalue weighted by Gasteiger charge is -2.15. The Morgan fingerprint density at radius 1 is 0.962 bits per heavy atom. The number of amides is 2. The van der Waals surface area contributed by atoms with Crippen LogP contribution in [0.3, 0.4) is 0 Å². The molecule has 0 heterocycles. The zero-order chi connectivity index (χ0) is 18.5. The maximum atomic E-state index is 12.1. The number of halogens is 1. The van der Waals surface area contributed by atoms with E-state index in [0.717, 1.165) is 20.8 Å². The number of nitrogens with one attached hydrogen (secondary N) is 2. The lowest BCUT2D eigenvalue weighted by atomic mass is 10.0. The number of hydrogen-bond donors (Lipinski definition) is 2. The molecule has 0 aliphatic heterocycles. The first-order valence-electron chi connectivity index (χ1n) is 8.35. The smallest absolute Gasteiger partial charge is 0.251 e. The minimum Gasteiger partial charge on any atom is -0.348 e. The van der Waals surface area contributed by atoms with Crippen molar-refractivity contribution in [2.45, 2.75) is 13.0 Å². The first kappa shape index (κ1) is 18.1. The molecular formula is C21H19BrN2O2. The molecule has 5 heteroatoms. The van der Waals surface area contributed by atoms with E-state index in [9.17, 15) is 9.59 Å². The van der Waals surface area contributed by atoms with E-state index >= 15 is 0 Å². The van der Waals surface area contributed by atoms with Crippen LogP contribution in [-0.2, 0) is 4.79 Å². The third-order valence-corrected chi connectivity index (χ3v) is 4.70. The van der Waals surface area contributed by atoms with Crippen molar-refractivity contribution in [1.29, 1.82) is 0 Å². The molecule has 26 heavy (non-hydrogen) atoms. The van der Waals surface area contributed by atoms with Gasteiger partial charge in [-0.1, -0.05) is 52.3 Å². The van der Waals surface area contributed by atoms with E-state index in [4.69, 9.17) is 0 Å². The average Bonchev–Trinajstić information content (AvgIpc) is 2.66. The second-order valence-electron chi connectivity index (χ2n) is 6.09. The van der Waals surface area contributed by atoms with Crippen molar-refractivity contribution in [1.82, 2.24) is 10.6 Å². The van der Waals surface area contributed by atoms with Crippen LogP contribution in [0, 0.1) is 0 Å². The molecule has 0 fully saturated rings. The molecule has 1 unspecified atom stereocenters. The van der Waals surface area contributed by atoms with Crippen LogP contribution in [0.5, 0.6) is 0 Å². The fourth-order valence-electron chi connectivity index (χ4n) is 2.72. The van der Waals surface area contributed by atoms with Crippen LogP contribution in [0.15, 0.2) is 71.2 Å². The summed E-state index contributed by atoms with van der Waals surface area (Å²) in [6, 6.07) is 21.1. The van der Waals surface area contributed by atoms with E-state index in [1.54, 1.807) is 24.3 Å².